The molecule has 1 unspecified atom stereocenters. The highest BCUT2D eigenvalue weighted by Crippen LogP contribution is 2.23. The highest BCUT2D eigenvalue weighted by molar-refractivity contribution is 6.05. The largest absolute Gasteiger partial charge is 0.481 e. The summed E-state index contributed by atoms with van der Waals surface area (Å²) in [6.45, 7) is 5.53. The average Bonchev–Trinajstić information content (AvgIpc) is 2.97. The SMILES string of the molecule is CC(C)c1occc1C(=O)Nc1ccc(C(C)C(=O)O)cc1. The number of hydrogen-bond donors (Lipinski definition) is 2. The number of carbonyl (C=O) groups excluding carboxylic acids is 1. The van der Waals surface area contributed by atoms with Crippen LogP contribution in [0.4, 0.5) is 5.69 Å². The molecule has 5 nitrogen and oxygen atoms in total. The molecule has 0 saturated carbocycles. The van der Waals surface area contributed by atoms with Crippen molar-refractivity contribution in [3.05, 3.63) is 53.5 Å². The van der Waals surface area contributed by atoms with E-state index in [1.54, 1.807) is 37.3 Å². The fraction of sp³-hybridized carbons (Fsp3) is 0.294. The lowest BCUT2D eigenvalue weighted by molar-refractivity contribution is -0.138. The van der Waals surface area contributed by atoms with Gasteiger partial charge in [-0.05, 0) is 30.7 Å². The van der Waals surface area contributed by atoms with Crippen LogP contribution in [0, 0.1) is 0 Å². The van der Waals surface area contributed by atoms with E-state index in [0.29, 0.717) is 22.6 Å². The fourth-order valence-electron chi connectivity index (χ4n) is 2.15. The zero-order valence-electron chi connectivity index (χ0n) is 12.8. The van der Waals surface area contributed by atoms with Gasteiger partial charge in [-0.25, -0.2) is 0 Å². The number of hydrogen-bond acceptors (Lipinski definition) is 3. The van der Waals surface area contributed by atoms with Crippen molar-refractivity contribution in [3.63, 3.8) is 0 Å². The summed E-state index contributed by atoms with van der Waals surface area (Å²) in [6.07, 6.45) is 1.50. The molecular formula is C17H19NO4. The lowest BCUT2D eigenvalue weighted by Gasteiger charge is -2.10. The summed E-state index contributed by atoms with van der Waals surface area (Å²) in [4.78, 5) is 23.2. The van der Waals surface area contributed by atoms with Crippen LogP contribution >= 0.6 is 0 Å². The highest BCUT2D eigenvalue weighted by Gasteiger charge is 2.18. The van der Waals surface area contributed by atoms with E-state index < -0.39 is 11.9 Å². The van der Waals surface area contributed by atoms with E-state index in [-0.39, 0.29) is 11.8 Å². The number of amides is 1. The molecule has 0 spiro atoms. The van der Waals surface area contributed by atoms with Gasteiger partial charge in [0.1, 0.15) is 5.76 Å². The van der Waals surface area contributed by atoms with Crippen molar-refractivity contribution in [1.82, 2.24) is 0 Å². The fourth-order valence-corrected chi connectivity index (χ4v) is 2.15. The Balaban J connectivity index is 2.12. The van der Waals surface area contributed by atoms with Crippen molar-refractivity contribution in [3.8, 4) is 0 Å². The lowest BCUT2D eigenvalue weighted by Crippen LogP contribution is -2.13. The molecule has 22 heavy (non-hydrogen) atoms. The molecule has 1 heterocycles. The van der Waals surface area contributed by atoms with Crippen LogP contribution in [0.15, 0.2) is 41.0 Å². The quantitative estimate of drug-likeness (QED) is 0.879. The molecule has 0 aliphatic heterocycles. The zero-order chi connectivity index (χ0) is 16.3. The van der Waals surface area contributed by atoms with E-state index in [1.165, 1.54) is 6.26 Å². The first-order valence-corrected chi connectivity index (χ1v) is 7.11. The third kappa shape index (κ3) is 3.36. The van der Waals surface area contributed by atoms with Crippen molar-refractivity contribution in [2.75, 3.05) is 5.32 Å². The van der Waals surface area contributed by atoms with E-state index in [4.69, 9.17) is 9.52 Å². The molecule has 0 aliphatic rings. The van der Waals surface area contributed by atoms with Crippen molar-refractivity contribution in [1.29, 1.82) is 0 Å². The smallest absolute Gasteiger partial charge is 0.310 e. The zero-order valence-corrected chi connectivity index (χ0v) is 12.8. The minimum absolute atomic E-state index is 0.120. The second-order valence-corrected chi connectivity index (χ2v) is 5.49. The Kier molecular flexibility index (Phi) is 4.65. The Morgan fingerprint density at radius 1 is 1.09 bits per heavy atom. The number of aliphatic carboxylic acids is 1. The maximum Gasteiger partial charge on any atom is 0.310 e. The Labute approximate surface area is 129 Å². The molecule has 5 heteroatoms. The van der Waals surface area contributed by atoms with Crippen LogP contribution in [0.25, 0.3) is 0 Å². The van der Waals surface area contributed by atoms with Crippen LogP contribution < -0.4 is 5.32 Å². The van der Waals surface area contributed by atoms with Gasteiger partial charge in [-0.15, -0.1) is 0 Å². The molecule has 1 amide bonds. The van der Waals surface area contributed by atoms with Gasteiger partial charge >= 0.3 is 5.97 Å². The van der Waals surface area contributed by atoms with Gasteiger partial charge in [0.2, 0.25) is 0 Å². The van der Waals surface area contributed by atoms with Gasteiger partial charge < -0.3 is 14.8 Å². The first kappa shape index (κ1) is 15.8. The summed E-state index contributed by atoms with van der Waals surface area (Å²) >= 11 is 0. The predicted octanol–water partition coefficient (Wildman–Crippen LogP) is 3.84. The Hall–Kier alpha value is -2.56. The predicted molar refractivity (Wildman–Crippen MR) is 83.2 cm³/mol. The third-order valence-electron chi connectivity index (χ3n) is 3.50. The van der Waals surface area contributed by atoms with Gasteiger partial charge in [0, 0.05) is 11.6 Å². The van der Waals surface area contributed by atoms with Gasteiger partial charge in [0.25, 0.3) is 5.91 Å². The van der Waals surface area contributed by atoms with Crippen molar-refractivity contribution >= 4 is 17.6 Å². The number of carbonyl (C=O) groups is 2. The van der Waals surface area contributed by atoms with Crippen molar-refractivity contribution in [2.24, 2.45) is 0 Å². The number of benzene rings is 1. The summed E-state index contributed by atoms with van der Waals surface area (Å²) in [7, 11) is 0. The van der Waals surface area contributed by atoms with Crippen molar-refractivity contribution < 1.29 is 19.1 Å². The number of carboxylic acid groups (broad SMARTS) is 1. The molecule has 2 N–H and O–H groups in total. The molecule has 0 bridgehead atoms. The van der Waals surface area contributed by atoms with E-state index in [9.17, 15) is 9.59 Å². The van der Waals surface area contributed by atoms with Crippen LogP contribution in [0.3, 0.4) is 0 Å². The maximum absolute atomic E-state index is 12.3. The molecule has 1 atom stereocenters. The van der Waals surface area contributed by atoms with Crippen molar-refractivity contribution in [2.45, 2.75) is 32.6 Å². The number of nitrogens with one attached hydrogen (secondary N) is 1. The van der Waals surface area contributed by atoms with Gasteiger partial charge in [-0.2, -0.15) is 0 Å². The normalized spacial score (nSPS) is 12.2. The molecule has 0 saturated heterocycles. The number of anilines is 1. The first-order valence-electron chi connectivity index (χ1n) is 7.11. The Morgan fingerprint density at radius 2 is 1.73 bits per heavy atom. The van der Waals surface area contributed by atoms with Gasteiger partial charge in [0.15, 0.2) is 0 Å². The van der Waals surface area contributed by atoms with Gasteiger partial charge in [-0.3, -0.25) is 9.59 Å². The van der Waals surface area contributed by atoms with E-state index in [2.05, 4.69) is 5.32 Å². The molecule has 2 aromatic rings. The Morgan fingerprint density at radius 3 is 2.27 bits per heavy atom. The molecule has 0 radical (unpaired) electrons. The van der Waals surface area contributed by atoms with E-state index in [1.807, 2.05) is 13.8 Å². The molecule has 0 fully saturated rings. The lowest BCUT2D eigenvalue weighted by atomic mass is 10.0. The number of carboxylic acids is 1. The summed E-state index contributed by atoms with van der Waals surface area (Å²) in [5.74, 6) is -0.928. The van der Waals surface area contributed by atoms with Crippen LogP contribution in [0.2, 0.25) is 0 Å². The average molecular weight is 301 g/mol. The molecular weight excluding hydrogens is 282 g/mol. The second kappa shape index (κ2) is 6.47. The van der Waals surface area contributed by atoms with Crippen LogP contribution in [-0.2, 0) is 4.79 Å². The molecule has 0 aliphatic carbocycles. The minimum atomic E-state index is -0.878. The summed E-state index contributed by atoms with van der Waals surface area (Å²) < 4.78 is 5.34. The highest BCUT2D eigenvalue weighted by atomic mass is 16.4. The number of furan rings is 1. The van der Waals surface area contributed by atoms with E-state index in [0.717, 1.165) is 0 Å². The molecule has 1 aromatic carbocycles. The topological polar surface area (TPSA) is 79.5 Å². The first-order chi connectivity index (χ1) is 10.4. The number of rotatable bonds is 5. The van der Waals surface area contributed by atoms with Crippen LogP contribution in [0.5, 0.6) is 0 Å². The molecule has 1 aromatic heterocycles. The monoisotopic (exact) mass is 301 g/mol. The van der Waals surface area contributed by atoms with Crippen LogP contribution in [-0.4, -0.2) is 17.0 Å². The van der Waals surface area contributed by atoms with Crippen LogP contribution in [0.1, 0.15) is 54.3 Å². The summed E-state index contributed by atoms with van der Waals surface area (Å²) in [5, 5.41) is 11.8. The maximum atomic E-state index is 12.3. The van der Waals surface area contributed by atoms with Gasteiger partial charge in [-0.1, -0.05) is 26.0 Å². The third-order valence-corrected chi connectivity index (χ3v) is 3.50. The summed E-state index contributed by atoms with van der Waals surface area (Å²) in [6, 6.07) is 8.44. The molecule has 2 rings (SSSR count). The standard InChI is InChI=1S/C17H19NO4/c1-10(2)15-14(8-9-22-15)16(19)18-13-6-4-12(5-7-13)11(3)17(20)21/h4-11H,1-3H3,(H,18,19)(H,20,21). The Bertz CT molecular complexity index is 670. The minimum Gasteiger partial charge on any atom is -0.481 e. The van der Waals surface area contributed by atoms with Gasteiger partial charge in [0.05, 0.1) is 17.7 Å². The second-order valence-electron chi connectivity index (χ2n) is 5.49. The summed E-state index contributed by atoms with van der Waals surface area (Å²) in [5.41, 5.74) is 1.82. The van der Waals surface area contributed by atoms with E-state index >= 15 is 0 Å². The molecule has 116 valence electrons.